The Morgan fingerprint density at radius 1 is 1.32 bits per heavy atom. The molecule has 1 N–H and O–H groups in total. The molecule has 0 saturated heterocycles. The first-order valence-corrected chi connectivity index (χ1v) is 7.86. The van der Waals surface area contributed by atoms with Crippen LogP contribution in [-0.2, 0) is 11.8 Å². The molecule has 4 nitrogen and oxygen atoms in total. The number of pyridine rings is 1. The molecule has 0 fully saturated rings. The van der Waals surface area contributed by atoms with Gasteiger partial charge in [-0.1, -0.05) is 42.5 Å². The van der Waals surface area contributed by atoms with Gasteiger partial charge >= 0.3 is 0 Å². The Labute approximate surface area is 149 Å². The highest BCUT2D eigenvalue weighted by molar-refractivity contribution is 6.30. The van der Waals surface area contributed by atoms with Crippen LogP contribution in [0.2, 0.25) is 5.02 Å². The molecule has 25 heavy (non-hydrogen) atoms. The molecule has 0 radical (unpaired) electrons. The minimum atomic E-state index is -1.05. The Balaban J connectivity index is 1.95. The van der Waals surface area contributed by atoms with Crippen LogP contribution < -0.4 is 5.32 Å². The standard InChI is InChI=1S/C19H15ClFN3O/c1-12(21)19(25)23-16-9-17-14(11-24(2)18(17)22-10-16)6-3-13-4-7-15(20)8-5-13/h3-11H,1H2,2H3,(H,23,25). The first-order valence-electron chi connectivity index (χ1n) is 7.48. The first-order chi connectivity index (χ1) is 11.9. The van der Waals surface area contributed by atoms with Crippen LogP contribution >= 0.6 is 11.6 Å². The molecule has 2 heterocycles. The topological polar surface area (TPSA) is 46.9 Å². The lowest BCUT2D eigenvalue weighted by Crippen LogP contribution is -2.11. The lowest BCUT2D eigenvalue weighted by atomic mass is 10.1. The van der Waals surface area contributed by atoms with Crippen molar-refractivity contribution in [3.63, 3.8) is 0 Å². The molecule has 0 aliphatic carbocycles. The van der Waals surface area contributed by atoms with Gasteiger partial charge in [0.1, 0.15) is 5.65 Å². The highest BCUT2D eigenvalue weighted by Gasteiger charge is 2.10. The summed E-state index contributed by atoms with van der Waals surface area (Å²) in [5, 5.41) is 3.95. The van der Waals surface area contributed by atoms with E-state index in [1.165, 1.54) is 6.20 Å². The van der Waals surface area contributed by atoms with E-state index in [0.717, 1.165) is 22.2 Å². The number of nitrogens with zero attached hydrogens (tertiary/aromatic N) is 2. The van der Waals surface area contributed by atoms with Crippen molar-refractivity contribution in [2.24, 2.45) is 7.05 Å². The van der Waals surface area contributed by atoms with E-state index in [4.69, 9.17) is 11.6 Å². The summed E-state index contributed by atoms with van der Waals surface area (Å²) in [6.45, 7) is 2.98. The van der Waals surface area contributed by atoms with Crippen molar-refractivity contribution in [2.45, 2.75) is 0 Å². The summed E-state index contributed by atoms with van der Waals surface area (Å²) in [5.74, 6) is -1.92. The molecule has 1 aromatic carbocycles. The predicted octanol–water partition coefficient (Wildman–Crippen LogP) is 4.82. The number of carbonyl (C=O) groups is 1. The summed E-state index contributed by atoms with van der Waals surface area (Å²) in [6, 6.07) is 9.23. The zero-order valence-corrected chi connectivity index (χ0v) is 14.2. The van der Waals surface area contributed by atoms with Crippen LogP contribution in [0.1, 0.15) is 11.1 Å². The Bertz CT molecular complexity index is 990. The van der Waals surface area contributed by atoms with Crippen LogP contribution in [0.4, 0.5) is 10.1 Å². The van der Waals surface area contributed by atoms with Crippen molar-refractivity contribution in [3.05, 3.63) is 71.3 Å². The smallest absolute Gasteiger partial charge is 0.283 e. The monoisotopic (exact) mass is 355 g/mol. The SMILES string of the molecule is C=C(F)C(=O)Nc1cnc2c(c1)c(C=Cc1ccc(Cl)cc1)cn2C. The summed E-state index contributed by atoms with van der Waals surface area (Å²) >= 11 is 5.89. The summed E-state index contributed by atoms with van der Waals surface area (Å²) in [6.07, 6.45) is 7.33. The lowest BCUT2D eigenvalue weighted by molar-refractivity contribution is -0.114. The maximum atomic E-state index is 12.9. The van der Waals surface area contributed by atoms with Crippen molar-refractivity contribution in [1.82, 2.24) is 9.55 Å². The van der Waals surface area contributed by atoms with Gasteiger partial charge < -0.3 is 9.88 Å². The second-order valence-corrected chi connectivity index (χ2v) is 5.97. The second kappa shape index (κ2) is 6.91. The number of hydrogen-bond donors (Lipinski definition) is 1. The minimum Gasteiger partial charge on any atom is -0.335 e. The number of aryl methyl sites for hydroxylation is 1. The van der Waals surface area contributed by atoms with E-state index in [9.17, 15) is 9.18 Å². The van der Waals surface area contributed by atoms with Gasteiger partial charge in [0.2, 0.25) is 0 Å². The van der Waals surface area contributed by atoms with Gasteiger partial charge in [0.15, 0.2) is 5.83 Å². The molecular formula is C19H15ClFN3O. The molecule has 126 valence electrons. The van der Waals surface area contributed by atoms with Crippen LogP contribution in [0.5, 0.6) is 0 Å². The number of carbonyl (C=O) groups excluding carboxylic acids is 1. The molecule has 0 aliphatic heterocycles. The molecule has 0 unspecified atom stereocenters. The molecule has 0 bridgehead atoms. The number of hydrogen-bond acceptors (Lipinski definition) is 2. The minimum absolute atomic E-state index is 0.406. The van der Waals surface area contributed by atoms with Crippen molar-refractivity contribution >= 4 is 46.4 Å². The third-order valence-corrected chi connectivity index (χ3v) is 3.93. The Morgan fingerprint density at radius 3 is 2.72 bits per heavy atom. The second-order valence-electron chi connectivity index (χ2n) is 5.53. The van der Waals surface area contributed by atoms with E-state index in [-0.39, 0.29) is 0 Å². The van der Waals surface area contributed by atoms with Gasteiger partial charge in [-0.2, -0.15) is 0 Å². The van der Waals surface area contributed by atoms with Gasteiger partial charge in [0, 0.05) is 29.2 Å². The quantitative estimate of drug-likeness (QED) is 0.682. The molecule has 3 aromatic rings. The van der Waals surface area contributed by atoms with Crippen LogP contribution in [-0.4, -0.2) is 15.5 Å². The molecule has 0 atom stereocenters. The van der Waals surface area contributed by atoms with Crippen molar-refractivity contribution in [2.75, 3.05) is 5.32 Å². The molecular weight excluding hydrogens is 341 g/mol. The average Bonchev–Trinajstić information content (AvgIpc) is 2.90. The van der Waals surface area contributed by atoms with Crippen LogP contribution in [0.3, 0.4) is 0 Å². The molecule has 0 aliphatic rings. The Hall–Kier alpha value is -2.92. The van der Waals surface area contributed by atoms with E-state index >= 15 is 0 Å². The number of aromatic nitrogens is 2. The van der Waals surface area contributed by atoms with Gasteiger partial charge in [-0.15, -0.1) is 0 Å². The number of halogens is 2. The number of amides is 1. The normalized spacial score (nSPS) is 11.2. The maximum Gasteiger partial charge on any atom is 0.283 e. The van der Waals surface area contributed by atoms with E-state index < -0.39 is 11.7 Å². The average molecular weight is 356 g/mol. The first kappa shape index (κ1) is 16.9. The number of nitrogens with one attached hydrogen (secondary N) is 1. The van der Waals surface area contributed by atoms with E-state index in [0.29, 0.717) is 10.7 Å². The van der Waals surface area contributed by atoms with Gasteiger partial charge in [-0.3, -0.25) is 4.79 Å². The predicted molar refractivity (Wildman–Crippen MR) is 100.0 cm³/mol. The summed E-state index contributed by atoms with van der Waals surface area (Å²) in [5.41, 5.74) is 3.10. The van der Waals surface area contributed by atoms with Crippen LogP contribution in [0, 0.1) is 0 Å². The number of rotatable bonds is 4. The summed E-state index contributed by atoms with van der Waals surface area (Å²) in [7, 11) is 1.89. The zero-order valence-electron chi connectivity index (χ0n) is 13.5. The summed E-state index contributed by atoms with van der Waals surface area (Å²) in [4.78, 5) is 15.8. The molecule has 0 spiro atoms. The van der Waals surface area contributed by atoms with E-state index in [2.05, 4.69) is 16.9 Å². The maximum absolute atomic E-state index is 12.9. The summed E-state index contributed by atoms with van der Waals surface area (Å²) < 4.78 is 14.7. The number of fused-ring (bicyclic) bond motifs is 1. The number of anilines is 1. The van der Waals surface area contributed by atoms with Crippen molar-refractivity contribution < 1.29 is 9.18 Å². The molecule has 6 heteroatoms. The lowest BCUT2D eigenvalue weighted by Gasteiger charge is -2.03. The fraction of sp³-hybridized carbons (Fsp3) is 0.0526. The molecule has 0 saturated carbocycles. The third-order valence-electron chi connectivity index (χ3n) is 3.67. The fourth-order valence-electron chi connectivity index (χ4n) is 2.45. The van der Waals surface area contributed by atoms with Gasteiger partial charge in [0.05, 0.1) is 11.9 Å². The highest BCUT2D eigenvalue weighted by Crippen LogP contribution is 2.24. The largest absolute Gasteiger partial charge is 0.335 e. The van der Waals surface area contributed by atoms with Crippen LogP contribution in [0.25, 0.3) is 23.2 Å². The van der Waals surface area contributed by atoms with E-state index in [1.807, 2.05) is 54.2 Å². The highest BCUT2D eigenvalue weighted by atomic mass is 35.5. The van der Waals surface area contributed by atoms with Crippen molar-refractivity contribution in [1.29, 1.82) is 0 Å². The fourth-order valence-corrected chi connectivity index (χ4v) is 2.58. The van der Waals surface area contributed by atoms with Crippen molar-refractivity contribution in [3.8, 4) is 0 Å². The zero-order chi connectivity index (χ0) is 18.0. The number of benzene rings is 1. The molecule has 1 amide bonds. The Morgan fingerprint density at radius 2 is 2.04 bits per heavy atom. The van der Waals surface area contributed by atoms with Gasteiger partial charge in [0.25, 0.3) is 5.91 Å². The Kier molecular flexibility index (Phi) is 4.67. The van der Waals surface area contributed by atoms with Gasteiger partial charge in [-0.25, -0.2) is 9.37 Å². The van der Waals surface area contributed by atoms with Crippen LogP contribution in [0.15, 0.2) is 55.1 Å². The van der Waals surface area contributed by atoms with Gasteiger partial charge in [-0.05, 0) is 23.8 Å². The van der Waals surface area contributed by atoms with E-state index in [1.54, 1.807) is 6.07 Å². The third kappa shape index (κ3) is 3.78. The molecule has 2 aromatic heterocycles. The molecule has 3 rings (SSSR count).